The van der Waals surface area contributed by atoms with Crippen LogP contribution in [0.1, 0.15) is 98.6 Å². The number of nitrogens with two attached hydrogens (primary N) is 1. The summed E-state index contributed by atoms with van der Waals surface area (Å²) in [6, 6.07) is 12.5. The van der Waals surface area contributed by atoms with Crippen LogP contribution in [0.2, 0.25) is 15.5 Å². The van der Waals surface area contributed by atoms with Gasteiger partial charge in [0.05, 0.1) is 38.8 Å². The topological polar surface area (TPSA) is 180 Å². The number of unbranched alkanes of at least 4 members (excludes halogenated alkanes) is 4. The van der Waals surface area contributed by atoms with E-state index in [4.69, 9.17) is 50.0 Å². The molecule has 3 aromatic heterocycles. The van der Waals surface area contributed by atoms with E-state index in [1.54, 1.807) is 12.1 Å². The van der Waals surface area contributed by atoms with Crippen molar-refractivity contribution in [3.05, 3.63) is 93.2 Å². The van der Waals surface area contributed by atoms with Crippen LogP contribution in [0.5, 0.6) is 0 Å². The number of halogens is 6. The number of nitrogens with zero attached hydrogens (tertiary/aromatic N) is 6. The number of carbonyl (C=O) groups is 2. The second-order valence-corrected chi connectivity index (χ2v) is 17.5. The van der Waals surface area contributed by atoms with Crippen LogP contribution in [-0.4, -0.2) is 66.1 Å². The second kappa shape index (κ2) is 24.2. The third-order valence-electron chi connectivity index (χ3n) is 8.56. The number of esters is 2. The van der Waals surface area contributed by atoms with E-state index in [2.05, 4.69) is 40.5 Å². The fourth-order valence-electron chi connectivity index (χ4n) is 5.79. The lowest BCUT2D eigenvalue weighted by Crippen LogP contribution is -2.23. The van der Waals surface area contributed by atoms with Crippen LogP contribution in [0.25, 0.3) is 33.1 Å². The van der Waals surface area contributed by atoms with Crippen LogP contribution in [-0.2, 0) is 25.6 Å². The summed E-state index contributed by atoms with van der Waals surface area (Å²) in [5.41, 5.74) is 8.55. The molecule has 6 aromatic rings. The van der Waals surface area contributed by atoms with Crippen molar-refractivity contribution in [3.8, 4) is 0 Å². The Morgan fingerprint density at radius 3 is 1.34 bits per heavy atom. The molecule has 0 unspecified atom stereocenters. The number of anilines is 2. The van der Waals surface area contributed by atoms with Crippen molar-refractivity contribution in [2.24, 2.45) is 5.73 Å². The highest BCUT2D eigenvalue weighted by Gasteiger charge is 2.17. The molecule has 0 bridgehead atoms. The Kier molecular flexibility index (Phi) is 19.5. The van der Waals surface area contributed by atoms with E-state index in [0.29, 0.717) is 76.4 Å². The first kappa shape index (κ1) is 51.5. The smallest absolute Gasteiger partial charge is 0.306 e. The van der Waals surface area contributed by atoms with E-state index < -0.39 is 11.2 Å². The molecule has 0 saturated heterocycles. The highest BCUT2D eigenvalue weighted by atomic mass is 35.5. The molecule has 3 heterocycles. The molecule has 13 nitrogen and oxygen atoms in total. The number of hydrogen-bond acceptors (Lipinski definition) is 13. The van der Waals surface area contributed by atoms with Crippen molar-refractivity contribution >= 4 is 91.5 Å². The van der Waals surface area contributed by atoms with Gasteiger partial charge in [-0.05, 0) is 104 Å². The molecule has 0 radical (unpaired) electrons. The first-order valence-electron chi connectivity index (χ1n) is 20.7. The van der Waals surface area contributed by atoms with Gasteiger partial charge in [-0.1, -0.05) is 47.6 Å². The van der Waals surface area contributed by atoms with Gasteiger partial charge >= 0.3 is 11.9 Å². The molecule has 0 aliphatic heterocycles. The number of rotatable bonds is 15. The Labute approximate surface area is 385 Å². The fraction of sp³-hybridized carbons (Fsp3) is 0.422. The quantitative estimate of drug-likeness (QED) is 0.0654. The van der Waals surface area contributed by atoms with Crippen molar-refractivity contribution < 1.29 is 32.2 Å². The Balaban J connectivity index is 0.000000221. The molecule has 64 heavy (non-hydrogen) atoms. The van der Waals surface area contributed by atoms with Crippen molar-refractivity contribution in [3.63, 3.8) is 0 Å². The van der Waals surface area contributed by atoms with Gasteiger partial charge in [-0.2, -0.15) is 0 Å². The van der Waals surface area contributed by atoms with Crippen molar-refractivity contribution in [1.29, 1.82) is 0 Å². The maximum absolute atomic E-state index is 13.4. The summed E-state index contributed by atoms with van der Waals surface area (Å²) in [7, 11) is 0. The summed E-state index contributed by atoms with van der Waals surface area (Å²) in [5.74, 6) is -0.410. The predicted octanol–water partition coefficient (Wildman–Crippen LogP) is 11.4. The average molecular weight is 947 g/mol. The summed E-state index contributed by atoms with van der Waals surface area (Å²) in [5, 5.41) is 6.78. The number of hydrogen-bond donors (Lipinski definition) is 3. The van der Waals surface area contributed by atoms with E-state index in [0.717, 1.165) is 38.5 Å². The Morgan fingerprint density at radius 1 is 0.531 bits per heavy atom. The lowest BCUT2D eigenvalue weighted by atomic mass is 10.1. The van der Waals surface area contributed by atoms with E-state index in [9.17, 15) is 22.8 Å². The highest BCUT2D eigenvalue weighted by molar-refractivity contribution is 6.40. The predicted molar refractivity (Wildman–Crippen MR) is 247 cm³/mol. The summed E-state index contributed by atoms with van der Waals surface area (Å²) in [4.78, 5) is 48.4. The second-order valence-electron chi connectivity index (χ2n) is 16.4. The van der Waals surface area contributed by atoms with Gasteiger partial charge in [-0.3, -0.25) is 9.59 Å². The fourth-order valence-corrected chi connectivity index (χ4v) is 6.26. The zero-order valence-corrected chi connectivity index (χ0v) is 38.9. The van der Waals surface area contributed by atoms with Crippen molar-refractivity contribution in [2.45, 2.75) is 111 Å². The van der Waals surface area contributed by atoms with E-state index >= 15 is 0 Å². The van der Waals surface area contributed by atoms with Gasteiger partial charge < -0.3 is 25.8 Å². The van der Waals surface area contributed by atoms with Crippen LogP contribution in [0.15, 0.2) is 54.6 Å². The molecule has 0 aliphatic rings. The van der Waals surface area contributed by atoms with Gasteiger partial charge in [0, 0.05) is 50.7 Å². The van der Waals surface area contributed by atoms with Crippen molar-refractivity contribution in [2.75, 3.05) is 23.7 Å². The lowest BCUT2D eigenvalue weighted by molar-refractivity contribution is -0.156. The number of fused-ring (bicyclic) bond motifs is 3. The summed E-state index contributed by atoms with van der Waals surface area (Å²) in [6.45, 7) is 12.7. The molecule has 0 saturated carbocycles. The van der Waals surface area contributed by atoms with Crippen molar-refractivity contribution in [1.82, 2.24) is 29.9 Å². The standard InChI is InChI=1S/C19H27FN4O2.C18H23ClFN3O2.C8H3Cl2FN2/c1-19(2,3)26-17(25)7-5-4-6-10-22-18-16(12-21)23-14-9-8-13(20)11-15(14)24-18;1-18(2,3)25-15(24)7-5-4-6-10-21-17-16(19)22-13-9-8-12(20)11-14(13)23-17;9-7-8(10)13-6-3-4(11)1-2-5(6)12-7/h8-9,11H,4-7,10,12,21H2,1-3H3,(H,22,24);8-9,11H,4-7,10H2,1-3H3,(H,21,23);1-3H. The van der Waals surface area contributed by atoms with E-state index in [-0.39, 0.29) is 51.4 Å². The maximum Gasteiger partial charge on any atom is 0.306 e. The Hall–Kier alpha value is -5.16. The summed E-state index contributed by atoms with van der Waals surface area (Å²) in [6.07, 6.45) is 5.85. The number of carbonyl (C=O) groups excluding carboxylic acids is 2. The Bertz CT molecular complexity index is 2530. The Morgan fingerprint density at radius 2 is 0.906 bits per heavy atom. The lowest BCUT2D eigenvalue weighted by Gasteiger charge is -2.19. The minimum Gasteiger partial charge on any atom is -0.460 e. The minimum absolute atomic E-state index is 0.0831. The largest absolute Gasteiger partial charge is 0.460 e. The van der Waals surface area contributed by atoms with Gasteiger partial charge in [0.1, 0.15) is 34.5 Å². The number of nitrogens with one attached hydrogen (secondary N) is 2. The average Bonchev–Trinajstić information content (AvgIpc) is 3.20. The van der Waals surface area contributed by atoms with Gasteiger partial charge in [0.25, 0.3) is 0 Å². The first-order valence-corrected chi connectivity index (χ1v) is 21.8. The van der Waals surface area contributed by atoms with Gasteiger partial charge in [0.2, 0.25) is 0 Å². The normalized spacial score (nSPS) is 11.4. The minimum atomic E-state index is -0.441. The van der Waals surface area contributed by atoms with Crippen LogP contribution in [0, 0.1) is 17.5 Å². The zero-order valence-electron chi connectivity index (χ0n) is 36.6. The van der Waals surface area contributed by atoms with Crippen LogP contribution in [0.3, 0.4) is 0 Å². The molecular weight excluding hydrogens is 894 g/mol. The van der Waals surface area contributed by atoms with Gasteiger partial charge in [0.15, 0.2) is 21.3 Å². The molecule has 344 valence electrons. The van der Waals surface area contributed by atoms with E-state index in [1.807, 2.05) is 41.5 Å². The molecule has 0 atom stereocenters. The van der Waals surface area contributed by atoms with Crippen LogP contribution in [0.4, 0.5) is 24.8 Å². The third-order valence-corrected chi connectivity index (χ3v) is 9.45. The van der Waals surface area contributed by atoms with E-state index in [1.165, 1.54) is 42.5 Å². The molecule has 0 spiro atoms. The number of benzene rings is 3. The maximum atomic E-state index is 13.4. The summed E-state index contributed by atoms with van der Waals surface area (Å²) >= 11 is 17.3. The highest BCUT2D eigenvalue weighted by Crippen LogP contribution is 2.24. The monoisotopic (exact) mass is 945 g/mol. The first-order chi connectivity index (χ1) is 30.2. The third kappa shape index (κ3) is 17.8. The molecular formula is C45H53Cl3F3N9O4. The number of ether oxygens (including phenoxy) is 2. The molecule has 19 heteroatoms. The molecule has 6 rings (SSSR count). The van der Waals surface area contributed by atoms with Gasteiger partial charge in [-0.15, -0.1) is 0 Å². The molecule has 0 amide bonds. The summed E-state index contributed by atoms with van der Waals surface area (Å²) < 4.78 is 49.9. The number of aromatic nitrogens is 6. The molecule has 0 aliphatic carbocycles. The molecule has 4 N–H and O–H groups in total. The molecule has 3 aromatic carbocycles. The van der Waals surface area contributed by atoms with Gasteiger partial charge in [-0.25, -0.2) is 43.1 Å². The SMILES string of the molecule is CC(C)(C)OC(=O)CCCCCNc1nc2cc(F)ccc2nc1CN.CC(C)(C)OC(=O)CCCCCNc1nc2cc(F)ccc2nc1Cl.Fc1ccc2nc(Cl)c(Cl)nc2c1. The molecule has 0 fully saturated rings. The van der Waals surface area contributed by atoms with Crippen LogP contribution >= 0.6 is 34.8 Å². The van der Waals surface area contributed by atoms with Crippen LogP contribution < -0.4 is 16.4 Å². The zero-order chi connectivity index (χ0) is 47.0.